The zero-order chi connectivity index (χ0) is 15.3. The van der Waals surface area contributed by atoms with E-state index in [0.29, 0.717) is 5.69 Å². The molecule has 0 fully saturated rings. The van der Waals surface area contributed by atoms with Crippen LogP contribution in [0.15, 0.2) is 6.20 Å². The van der Waals surface area contributed by atoms with E-state index >= 15 is 0 Å². The van der Waals surface area contributed by atoms with Crippen LogP contribution >= 0.6 is 0 Å². The van der Waals surface area contributed by atoms with E-state index in [1.807, 2.05) is 0 Å². The highest BCUT2D eigenvalue weighted by Crippen LogP contribution is 2.07. The van der Waals surface area contributed by atoms with Crippen LogP contribution in [0.4, 0.5) is 10.5 Å². The molecular formula is C12H21N5O3. The number of alkyl carbamates (subject to hydrolysis) is 1. The highest BCUT2D eigenvalue weighted by Gasteiger charge is 2.16. The predicted octanol–water partition coefficient (Wildman–Crippen LogP) is 0.257. The van der Waals surface area contributed by atoms with Gasteiger partial charge in [-0.2, -0.15) is 5.10 Å². The molecule has 0 aromatic carbocycles. The first-order valence-electron chi connectivity index (χ1n) is 6.23. The number of amides is 2. The summed E-state index contributed by atoms with van der Waals surface area (Å²) < 4.78 is 6.51. The number of nitrogens with one attached hydrogen (secondary N) is 2. The van der Waals surface area contributed by atoms with E-state index in [2.05, 4.69) is 15.7 Å². The Morgan fingerprint density at radius 3 is 2.45 bits per heavy atom. The molecule has 0 unspecified atom stereocenters. The van der Waals surface area contributed by atoms with Crippen LogP contribution in [-0.4, -0.2) is 40.5 Å². The molecule has 1 aromatic heterocycles. The van der Waals surface area contributed by atoms with Gasteiger partial charge in [0.05, 0.1) is 5.69 Å². The second kappa shape index (κ2) is 6.27. The van der Waals surface area contributed by atoms with Gasteiger partial charge in [0.1, 0.15) is 5.60 Å². The molecule has 2 amide bonds. The number of nitrogens with zero attached hydrogens (tertiary/aromatic N) is 2. The van der Waals surface area contributed by atoms with Gasteiger partial charge in [-0.1, -0.05) is 0 Å². The first kappa shape index (κ1) is 15.8. The summed E-state index contributed by atoms with van der Waals surface area (Å²) in [4.78, 5) is 23.1. The molecule has 8 nitrogen and oxygen atoms in total. The van der Waals surface area contributed by atoms with E-state index < -0.39 is 11.7 Å². The summed E-state index contributed by atoms with van der Waals surface area (Å²) in [7, 11) is 1.68. The molecule has 1 aromatic rings. The van der Waals surface area contributed by atoms with Crippen molar-refractivity contribution < 1.29 is 14.3 Å². The van der Waals surface area contributed by atoms with Crippen molar-refractivity contribution in [2.45, 2.75) is 26.4 Å². The SMILES string of the molecule is Cn1cc(N)c(C(=O)NCCNC(=O)OC(C)(C)C)n1. The van der Waals surface area contributed by atoms with Crippen LogP contribution in [-0.2, 0) is 11.8 Å². The molecule has 0 atom stereocenters. The van der Waals surface area contributed by atoms with Gasteiger partial charge in [-0.15, -0.1) is 0 Å². The molecule has 0 aliphatic heterocycles. The van der Waals surface area contributed by atoms with Crippen LogP contribution in [0.1, 0.15) is 31.3 Å². The van der Waals surface area contributed by atoms with Gasteiger partial charge in [-0.3, -0.25) is 9.48 Å². The largest absolute Gasteiger partial charge is 0.444 e. The monoisotopic (exact) mass is 283 g/mol. The van der Waals surface area contributed by atoms with Crippen LogP contribution in [0.3, 0.4) is 0 Å². The van der Waals surface area contributed by atoms with Crippen LogP contribution in [0, 0.1) is 0 Å². The zero-order valence-electron chi connectivity index (χ0n) is 12.2. The Morgan fingerprint density at radius 1 is 1.35 bits per heavy atom. The van der Waals surface area contributed by atoms with E-state index in [-0.39, 0.29) is 24.7 Å². The summed E-state index contributed by atoms with van der Waals surface area (Å²) in [6.45, 7) is 5.84. The Morgan fingerprint density at radius 2 is 1.95 bits per heavy atom. The molecule has 0 aliphatic rings. The summed E-state index contributed by atoms with van der Waals surface area (Å²) in [5.74, 6) is -0.380. The lowest BCUT2D eigenvalue weighted by Crippen LogP contribution is -2.38. The fraction of sp³-hybridized carbons (Fsp3) is 0.583. The van der Waals surface area contributed by atoms with Gasteiger partial charge in [0.2, 0.25) is 0 Å². The average Bonchev–Trinajstić information content (AvgIpc) is 2.61. The topological polar surface area (TPSA) is 111 Å². The van der Waals surface area contributed by atoms with Crippen molar-refractivity contribution in [2.24, 2.45) is 7.05 Å². The molecule has 0 radical (unpaired) electrons. The van der Waals surface area contributed by atoms with Crippen LogP contribution < -0.4 is 16.4 Å². The molecule has 0 bridgehead atoms. The summed E-state index contributed by atoms with van der Waals surface area (Å²) in [5, 5.41) is 9.08. The maximum atomic E-state index is 11.7. The number of rotatable bonds is 4. The van der Waals surface area contributed by atoms with Crippen LogP contribution in [0.5, 0.6) is 0 Å². The van der Waals surface area contributed by atoms with Crippen LogP contribution in [0.25, 0.3) is 0 Å². The number of carbonyl (C=O) groups is 2. The highest BCUT2D eigenvalue weighted by molar-refractivity contribution is 5.96. The summed E-state index contributed by atoms with van der Waals surface area (Å²) in [6.07, 6.45) is 1.03. The van der Waals surface area contributed by atoms with Crippen molar-refractivity contribution in [1.29, 1.82) is 0 Å². The van der Waals surface area contributed by atoms with Crippen molar-refractivity contribution in [3.05, 3.63) is 11.9 Å². The molecule has 0 saturated heterocycles. The number of aromatic nitrogens is 2. The Labute approximate surface area is 117 Å². The molecule has 4 N–H and O–H groups in total. The van der Waals surface area contributed by atoms with Crippen molar-refractivity contribution >= 4 is 17.7 Å². The van der Waals surface area contributed by atoms with Gasteiger partial charge in [0.15, 0.2) is 5.69 Å². The van der Waals surface area contributed by atoms with E-state index in [4.69, 9.17) is 10.5 Å². The third kappa shape index (κ3) is 5.17. The number of anilines is 1. The number of hydrogen-bond donors (Lipinski definition) is 3. The standard InChI is InChI=1S/C12H21N5O3/c1-12(2,3)20-11(19)15-6-5-14-10(18)9-8(13)7-17(4)16-9/h7H,5-6,13H2,1-4H3,(H,14,18)(H,15,19). The molecule has 0 spiro atoms. The Balaban J connectivity index is 2.30. The van der Waals surface area contributed by atoms with Crippen molar-refractivity contribution in [3.8, 4) is 0 Å². The minimum absolute atomic E-state index is 0.171. The number of ether oxygens (including phenoxy) is 1. The third-order valence-electron chi connectivity index (χ3n) is 2.15. The third-order valence-corrected chi connectivity index (χ3v) is 2.15. The highest BCUT2D eigenvalue weighted by atomic mass is 16.6. The Bertz CT molecular complexity index is 490. The number of nitrogen functional groups attached to an aromatic ring is 1. The molecule has 0 saturated carbocycles. The normalized spacial score (nSPS) is 11.0. The maximum absolute atomic E-state index is 11.7. The van der Waals surface area contributed by atoms with Gasteiger partial charge < -0.3 is 21.1 Å². The fourth-order valence-electron chi connectivity index (χ4n) is 1.42. The van der Waals surface area contributed by atoms with E-state index in [1.165, 1.54) is 4.68 Å². The maximum Gasteiger partial charge on any atom is 0.407 e. The lowest BCUT2D eigenvalue weighted by Gasteiger charge is -2.19. The minimum atomic E-state index is -0.546. The predicted molar refractivity (Wildman–Crippen MR) is 74.2 cm³/mol. The molecule has 0 aliphatic carbocycles. The molecular weight excluding hydrogens is 262 g/mol. The summed E-state index contributed by atoms with van der Waals surface area (Å²) in [6, 6.07) is 0. The first-order chi connectivity index (χ1) is 9.19. The lowest BCUT2D eigenvalue weighted by atomic mass is 10.2. The van der Waals surface area contributed by atoms with Crippen molar-refractivity contribution in [1.82, 2.24) is 20.4 Å². The van der Waals surface area contributed by atoms with E-state index in [0.717, 1.165) is 0 Å². The number of nitrogens with two attached hydrogens (primary N) is 1. The molecule has 112 valence electrons. The Hall–Kier alpha value is -2.25. The van der Waals surface area contributed by atoms with E-state index in [9.17, 15) is 9.59 Å². The van der Waals surface area contributed by atoms with Gasteiger partial charge in [-0.25, -0.2) is 4.79 Å². The van der Waals surface area contributed by atoms with Gasteiger partial charge in [0.25, 0.3) is 5.91 Å². The minimum Gasteiger partial charge on any atom is -0.444 e. The number of hydrogen-bond acceptors (Lipinski definition) is 5. The zero-order valence-corrected chi connectivity index (χ0v) is 12.2. The second-order valence-electron chi connectivity index (χ2n) is 5.29. The lowest BCUT2D eigenvalue weighted by molar-refractivity contribution is 0.0526. The van der Waals surface area contributed by atoms with E-state index in [1.54, 1.807) is 34.0 Å². The quantitative estimate of drug-likeness (QED) is 0.686. The summed E-state index contributed by atoms with van der Waals surface area (Å²) >= 11 is 0. The molecule has 1 heterocycles. The number of carbonyl (C=O) groups excluding carboxylic acids is 2. The van der Waals surface area contributed by atoms with Crippen molar-refractivity contribution in [3.63, 3.8) is 0 Å². The average molecular weight is 283 g/mol. The molecule has 20 heavy (non-hydrogen) atoms. The Kier molecular flexibility index (Phi) is 4.95. The summed E-state index contributed by atoms with van der Waals surface area (Å²) in [5.41, 5.74) is 5.57. The molecule has 1 rings (SSSR count). The van der Waals surface area contributed by atoms with Crippen molar-refractivity contribution in [2.75, 3.05) is 18.8 Å². The molecule has 8 heteroatoms. The number of aryl methyl sites for hydroxylation is 1. The fourth-order valence-corrected chi connectivity index (χ4v) is 1.42. The second-order valence-corrected chi connectivity index (χ2v) is 5.29. The van der Waals surface area contributed by atoms with Gasteiger partial charge in [-0.05, 0) is 20.8 Å². The first-order valence-corrected chi connectivity index (χ1v) is 6.23. The smallest absolute Gasteiger partial charge is 0.407 e. The van der Waals surface area contributed by atoms with Crippen LogP contribution in [0.2, 0.25) is 0 Å². The van der Waals surface area contributed by atoms with Gasteiger partial charge in [0, 0.05) is 26.3 Å². The van der Waals surface area contributed by atoms with Gasteiger partial charge >= 0.3 is 6.09 Å².